The summed E-state index contributed by atoms with van der Waals surface area (Å²) in [6.07, 6.45) is 1.33. The van der Waals surface area contributed by atoms with Gasteiger partial charge in [0.1, 0.15) is 18.5 Å². The predicted molar refractivity (Wildman–Crippen MR) is 81.6 cm³/mol. The second-order valence-electron chi connectivity index (χ2n) is 5.26. The molecule has 1 unspecified atom stereocenters. The van der Waals surface area contributed by atoms with Gasteiger partial charge in [0, 0.05) is 34.9 Å². The Morgan fingerprint density at radius 3 is 2.80 bits per heavy atom. The van der Waals surface area contributed by atoms with Crippen LogP contribution in [0.25, 0.3) is 0 Å². The summed E-state index contributed by atoms with van der Waals surface area (Å²) in [5.74, 6) is 2.36. The van der Waals surface area contributed by atoms with Gasteiger partial charge in [-0.3, -0.25) is 4.21 Å². The van der Waals surface area contributed by atoms with E-state index in [1.54, 1.807) is 0 Å². The summed E-state index contributed by atoms with van der Waals surface area (Å²) in [4.78, 5) is 0. The lowest BCUT2D eigenvalue weighted by atomic mass is 10.1. The van der Waals surface area contributed by atoms with Crippen molar-refractivity contribution in [1.82, 2.24) is 5.32 Å². The number of hydrogen-bond acceptors (Lipinski definition) is 4. The van der Waals surface area contributed by atoms with Gasteiger partial charge in [-0.15, -0.1) is 0 Å². The number of ether oxygens (including phenoxy) is 1. The molecule has 2 rings (SSSR count). The number of benzene rings is 1. The van der Waals surface area contributed by atoms with Crippen LogP contribution in [0.2, 0.25) is 0 Å². The molecule has 1 aromatic carbocycles. The van der Waals surface area contributed by atoms with Crippen molar-refractivity contribution in [3.63, 3.8) is 0 Å². The van der Waals surface area contributed by atoms with E-state index in [0.717, 1.165) is 35.7 Å². The molecule has 1 atom stereocenters. The average Bonchev–Trinajstić information content (AvgIpc) is 2.46. The monoisotopic (exact) mass is 297 g/mol. The van der Waals surface area contributed by atoms with Crippen LogP contribution in [0.5, 0.6) is 5.75 Å². The van der Waals surface area contributed by atoms with Gasteiger partial charge in [-0.05, 0) is 31.4 Å². The van der Waals surface area contributed by atoms with E-state index in [2.05, 4.69) is 5.32 Å². The summed E-state index contributed by atoms with van der Waals surface area (Å²) in [5.41, 5.74) is 1.07. The van der Waals surface area contributed by atoms with Gasteiger partial charge in [0.2, 0.25) is 0 Å². The first-order valence-electron chi connectivity index (χ1n) is 7.10. The number of aryl methyl sites for hydroxylation is 1. The minimum Gasteiger partial charge on any atom is -0.491 e. The third kappa shape index (κ3) is 4.89. The maximum Gasteiger partial charge on any atom is 0.122 e. The number of hydrogen-bond donors (Lipinski definition) is 2. The molecule has 1 fully saturated rings. The smallest absolute Gasteiger partial charge is 0.122 e. The first-order chi connectivity index (χ1) is 9.65. The van der Waals surface area contributed by atoms with Gasteiger partial charge in [0.25, 0.3) is 0 Å². The van der Waals surface area contributed by atoms with E-state index in [-0.39, 0.29) is 6.61 Å². The molecule has 0 aromatic heterocycles. The highest BCUT2D eigenvalue weighted by Gasteiger charge is 2.18. The second kappa shape index (κ2) is 7.76. The second-order valence-corrected chi connectivity index (χ2v) is 6.96. The van der Waals surface area contributed by atoms with Crippen LogP contribution in [0.4, 0.5) is 0 Å². The maximum atomic E-state index is 11.3. The fourth-order valence-electron chi connectivity index (χ4n) is 2.26. The average molecular weight is 297 g/mol. The molecule has 4 nitrogen and oxygen atoms in total. The zero-order valence-electron chi connectivity index (χ0n) is 11.9. The lowest BCUT2D eigenvalue weighted by Gasteiger charge is -2.24. The molecule has 5 heteroatoms. The molecule has 0 bridgehead atoms. The van der Waals surface area contributed by atoms with Gasteiger partial charge in [-0.25, -0.2) is 0 Å². The van der Waals surface area contributed by atoms with Crippen molar-refractivity contribution >= 4 is 10.8 Å². The number of nitrogens with one attached hydrogen (secondary N) is 1. The van der Waals surface area contributed by atoms with E-state index < -0.39 is 16.9 Å². The summed E-state index contributed by atoms with van der Waals surface area (Å²) in [6, 6.07) is 8.16. The standard InChI is InChI=1S/C15H23NO3S/c1-12-4-2-3-5-15(12)19-11-14(17)10-16-13-6-8-20(18)9-7-13/h2-5,13-14,16-17H,6-11H2,1H3. The van der Waals surface area contributed by atoms with Gasteiger partial charge in [-0.1, -0.05) is 18.2 Å². The highest BCUT2D eigenvalue weighted by Crippen LogP contribution is 2.16. The van der Waals surface area contributed by atoms with E-state index in [9.17, 15) is 9.32 Å². The summed E-state index contributed by atoms with van der Waals surface area (Å²) in [5, 5.41) is 13.3. The van der Waals surface area contributed by atoms with Gasteiger partial charge in [-0.2, -0.15) is 0 Å². The fraction of sp³-hybridized carbons (Fsp3) is 0.600. The first kappa shape index (κ1) is 15.5. The molecule has 1 aromatic rings. The zero-order chi connectivity index (χ0) is 14.4. The van der Waals surface area contributed by atoms with E-state index in [1.807, 2.05) is 31.2 Å². The molecule has 1 saturated heterocycles. The Morgan fingerprint density at radius 1 is 1.40 bits per heavy atom. The van der Waals surface area contributed by atoms with Gasteiger partial charge in [0.15, 0.2) is 0 Å². The molecule has 0 saturated carbocycles. The Kier molecular flexibility index (Phi) is 6.01. The predicted octanol–water partition coefficient (Wildman–Crippen LogP) is 1.24. The van der Waals surface area contributed by atoms with E-state index in [0.29, 0.717) is 12.6 Å². The Hall–Kier alpha value is -0.910. The van der Waals surface area contributed by atoms with Crippen LogP contribution in [0.3, 0.4) is 0 Å². The normalized spacial score (nSPS) is 24.3. The van der Waals surface area contributed by atoms with Crippen molar-refractivity contribution in [2.45, 2.75) is 31.9 Å². The van der Waals surface area contributed by atoms with Gasteiger partial charge >= 0.3 is 0 Å². The van der Waals surface area contributed by atoms with Crippen molar-refractivity contribution < 1.29 is 14.1 Å². The highest BCUT2D eigenvalue weighted by atomic mass is 32.2. The van der Waals surface area contributed by atoms with Crippen molar-refractivity contribution in [1.29, 1.82) is 0 Å². The van der Waals surface area contributed by atoms with Crippen LogP contribution in [0.1, 0.15) is 18.4 Å². The summed E-state index contributed by atoms with van der Waals surface area (Å²) in [6.45, 7) is 2.79. The Morgan fingerprint density at radius 2 is 2.10 bits per heavy atom. The Labute approximate surface area is 123 Å². The van der Waals surface area contributed by atoms with Crippen LogP contribution in [0.15, 0.2) is 24.3 Å². The molecule has 0 spiro atoms. The molecule has 1 heterocycles. The third-order valence-electron chi connectivity index (χ3n) is 3.55. The van der Waals surface area contributed by atoms with Crippen LogP contribution in [-0.4, -0.2) is 46.1 Å². The maximum absolute atomic E-state index is 11.3. The minimum absolute atomic E-state index is 0.288. The summed E-state index contributed by atoms with van der Waals surface area (Å²) >= 11 is 0. The third-order valence-corrected chi connectivity index (χ3v) is 4.94. The lowest BCUT2D eigenvalue weighted by Crippen LogP contribution is -2.41. The molecule has 0 amide bonds. The topological polar surface area (TPSA) is 58.6 Å². The van der Waals surface area contributed by atoms with Crippen LogP contribution in [0, 0.1) is 6.92 Å². The van der Waals surface area contributed by atoms with Gasteiger partial charge < -0.3 is 15.2 Å². The Bertz CT molecular complexity index is 442. The number of aliphatic hydroxyl groups is 1. The summed E-state index contributed by atoms with van der Waals surface area (Å²) in [7, 11) is -0.633. The minimum atomic E-state index is -0.633. The summed E-state index contributed by atoms with van der Waals surface area (Å²) < 4.78 is 16.9. The zero-order valence-corrected chi connectivity index (χ0v) is 12.7. The molecule has 0 aliphatic carbocycles. The fourth-order valence-corrected chi connectivity index (χ4v) is 3.56. The van der Waals surface area contributed by atoms with Crippen LogP contribution < -0.4 is 10.1 Å². The van der Waals surface area contributed by atoms with Crippen molar-refractivity contribution in [3.05, 3.63) is 29.8 Å². The van der Waals surface area contributed by atoms with E-state index >= 15 is 0 Å². The molecule has 112 valence electrons. The number of aliphatic hydroxyl groups excluding tert-OH is 1. The lowest BCUT2D eigenvalue weighted by molar-refractivity contribution is 0.103. The van der Waals surface area contributed by atoms with Crippen LogP contribution in [-0.2, 0) is 10.8 Å². The molecule has 1 aliphatic rings. The Balaban J connectivity index is 1.67. The van der Waals surface area contributed by atoms with Crippen molar-refractivity contribution in [3.8, 4) is 5.75 Å². The molecular formula is C15H23NO3S. The number of para-hydroxylation sites is 1. The molecule has 20 heavy (non-hydrogen) atoms. The molecular weight excluding hydrogens is 274 g/mol. The van der Waals surface area contributed by atoms with E-state index in [4.69, 9.17) is 4.74 Å². The van der Waals surface area contributed by atoms with E-state index in [1.165, 1.54) is 0 Å². The van der Waals surface area contributed by atoms with Crippen LogP contribution >= 0.6 is 0 Å². The first-order valence-corrected chi connectivity index (χ1v) is 8.59. The largest absolute Gasteiger partial charge is 0.491 e. The molecule has 1 aliphatic heterocycles. The SMILES string of the molecule is Cc1ccccc1OCC(O)CNC1CCS(=O)CC1. The molecule has 2 N–H and O–H groups in total. The molecule has 0 radical (unpaired) electrons. The van der Waals surface area contributed by atoms with Gasteiger partial charge in [0.05, 0.1) is 0 Å². The quantitative estimate of drug-likeness (QED) is 0.829. The number of rotatable bonds is 6. The highest BCUT2D eigenvalue weighted by molar-refractivity contribution is 7.85. The van der Waals surface area contributed by atoms with Crippen molar-refractivity contribution in [2.75, 3.05) is 24.7 Å². The van der Waals surface area contributed by atoms with Crippen molar-refractivity contribution in [2.24, 2.45) is 0 Å².